The number of fused-ring (bicyclic) bond motifs is 1. The molecule has 0 saturated carbocycles. The van der Waals surface area contributed by atoms with Crippen LogP contribution in [0.15, 0.2) is 72.8 Å². The summed E-state index contributed by atoms with van der Waals surface area (Å²) in [4.78, 5) is 8.99. The molecule has 4 aromatic rings. The number of rotatable bonds is 4. The van der Waals surface area contributed by atoms with Gasteiger partial charge in [0.05, 0.1) is 33.9 Å². The summed E-state index contributed by atoms with van der Waals surface area (Å²) in [5, 5.41) is 8.89. The molecular formula is C23H14F3N3O. The van der Waals surface area contributed by atoms with Crippen LogP contribution in [0.1, 0.15) is 16.8 Å². The fraction of sp³-hybridized carbons (Fsp3) is 0.0870. The lowest BCUT2D eigenvalue weighted by molar-refractivity contribution is -0.137. The molecule has 0 N–H and O–H groups in total. The molecule has 0 unspecified atom stereocenters. The molecule has 7 heteroatoms. The predicted molar refractivity (Wildman–Crippen MR) is 105 cm³/mol. The van der Waals surface area contributed by atoms with Crippen LogP contribution in [0.3, 0.4) is 0 Å². The lowest BCUT2D eigenvalue weighted by Gasteiger charge is -2.13. The van der Waals surface area contributed by atoms with E-state index in [1.54, 1.807) is 24.3 Å². The van der Waals surface area contributed by atoms with Gasteiger partial charge in [0.15, 0.2) is 0 Å². The summed E-state index contributed by atoms with van der Waals surface area (Å²) < 4.78 is 45.1. The van der Waals surface area contributed by atoms with E-state index in [9.17, 15) is 13.2 Å². The maximum atomic E-state index is 13.1. The number of ether oxygens (including phenoxy) is 1. The molecule has 4 rings (SSSR count). The quantitative estimate of drug-likeness (QED) is 0.433. The second-order valence-electron chi connectivity index (χ2n) is 6.51. The van der Waals surface area contributed by atoms with Crippen LogP contribution in [0.4, 0.5) is 13.2 Å². The number of halogens is 3. The van der Waals surface area contributed by atoms with Crippen LogP contribution in [-0.4, -0.2) is 9.97 Å². The molecule has 0 spiro atoms. The maximum Gasteiger partial charge on any atom is 0.416 e. The van der Waals surface area contributed by atoms with Crippen molar-refractivity contribution < 1.29 is 17.9 Å². The van der Waals surface area contributed by atoms with Crippen molar-refractivity contribution in [3.8, 4) is 23.1 Å². The molecule has 1 aromatic heterocycles. The molecule has 30 heavy (non-hydrogen) atoms. The monoisotopic (exact) mass is 405 g/mol. The zero-order chi connectivity index (χ0) is 21.1. The normalized spacial score (nSPS) is 11.3. The molecule has 0 aliphatic heterocycles. The van der Waals surface area contributed by atoms with E-state index < -0.39 is 11.7 Å². The lowest BCUT2D eigenvalue weighted by atomic mass is 10.1. The highest BCUT2D eigenvalue weighted by Crippen LogP contribution is 2.32. The molecule has 0 saturated heterocycles. The lowest BCUT2D eigenvalue weighted by Crippen LogP contribution is -2.07. The predicted octanol–water partition coefficient (Wildman–Crippen LogP) is 5.77. The molecule has 1 heterocycles. The van der Waals surface area contributed by atoms with Crippen LogP contribution in [0.5, 0.6) is 5.75 Å². The maximum absolute atomic E-state index is 13.1. The van der Waals surface area contributed by atoms with Gasteiger partial charge >= 0.3 is 6.18 Å². The number of aromatic nitrogens is 2. The van der Waals surface area contributed by atoms with E-state index in [1.807, 2.05) is 36.4 Å². The van der Waals surface area contributed by atoms with E-state index in [2.05, 4.69) is 9.97 Å². The third kappa shape index (κ3) is 4.08. The molecular weight excluding hydrogens is 391 g/mol. The minimum Gasteiger partial charge on any atom is -0.487 e. The van der Waals surface area contributed by atoms with Crippen LogP contribution in [0, 0.1) is 11.3 Å². The van der Waals surface area contributed by atoms with Gasteiger partial charge in [0.25, 0.3) is 0 Å². The Bertz CT molecular complexity index is 1230. The average Bonchev–Trinajstić information content (AvgIpc) is 2.77. The third-order valence-electron chi connectivity index (χ3n) is 4.47. The molecule has 3 aromatic carbocycles. The van der Waals surface area contributed by atoms with E-state index in [0.717, 1.165) is 17.7 Å². The van der Waals surface area contributed by atoms with Gasteiger partial charge in [-0.15, -0.1) is 0 Å². The van der Waals surface area contributed by atoms with Crippen molar-refractivity contribution in [2.45, 2.75) is 12.8 Å². The SMILES string of the molecule is N#Cc1ccc(OCc2nc3ccc(C(F)(F)F)cc3nc2-c2ccccc2)cc1. The van der Waals surface area contributed by atoms with Gasteiger partial charge in [-0.25, -0.2) is 9.97 Å². The van der Waals surface area contributed by atoms with Gasteiger partial charge in [0, 0.05) is 5.56 Å². The van der Waals surface area contributed by atoms with Gasteiger partial charge < -0.3 is 4.74 Å². The van der Waals surface area contributed by atoms with Crippen molar-refractivity contribution in [1.29, 1.82) is 5.26 Å². The second-order valence-corrected chi connectivity index (χ2v) is 6.51. The van der Waals surface area contributed by atoms with Crippen molar-refractivity contribution in [2.24, 2.45) is 0 Å². The Morgan fingerprint density at radius 3 is 2.27 bits per heavy atom. The van der Waals surface area contributed by atoms with E-state index >= 15 is 0 Å². The van der Waals surface area contributed by atoms with Crippen molar-refractivity contribution in [3.05, 3.63) is 89.6 Å². The molecule has 0 amide bonds. The first kappa shape index (κ1) is 19.4. The molecule has 0 fully saturated rings. The standard InChI is InChI=1S/C23H14F3N3O/c24-23(25,26)17-8-11-19-20(12-17)29-22(16-4-2-1-3-5-16)21(28-19)14-30-18-9-6-15(13-27)7-10-18/h1-12H,14H2. The number of benzene rings is 3. The van der Waals surface area contributed by atoms with Gasteiger partial charge in [0.1, 0.15) is 18.1 Å². The fourth-order valence-electron chi connectivity index (χ4n) is 2.97. The Labute approximate surface area is 170 Å². The van der Waals surface area contributed by atoms with Gasteiger partial charge in [-0.2, -0.15) is 18.4 Å². The summed E-state index contributed by atoms with van der Waals surface area (Å²) >= 11 is 0. The average molecular weight is 405 g/mol. The van der Waals surface area contributed by atoms with E-state index in [-0.39, 0.29) is 12.1 Å². The molecule has 0 bridgehead atoms. The number of nitriles is 1. The molecule has 148 valence electrons. The van der Waals surface area contributed by atoms with Crippen LogP contribution in [0.2, 0.25) is 0 Å². The number of alkyl halides is 3. The second kappa shape index (κ2) is 7.84. The van der Waals surface area contributed by atoms with Crippen LogP contribution >= 0.6 is 0 Å². The first-order valence-corrected chi connectivity index (χ1v) is 9.00. The van der Waals surface area contributed by atoms with E-state index in [4.69, 9.17) is 10.00 Å². The Balaban J connectivity index is 1.75. The summed E-state index contributed by atoms with van der Waals surface area (Å²) in [5.41, 5.74) is 1.92. The van der Waals surface area contributed by atoms with E-state index in [0.29, 0.717) is 28.2 Å². The summed E-state index contributed by atoms with van der Waals surface area (Å²) in [6.45, 7) is 0.0695. The first-order valence-electron chi connectivity index (χ1n) is 9.00. The van der Waals surface area contributed by atoms with Crippen molar-refractivity contribution >= 4 is 11.0 Å². The van der Waals surface area contributed by atoms with Crippen molar-refractivity contribution in [2.75, 3.05) is 0 Å². The summed E-state index contributed by atoms with van der Waals surface area (Å²) in [6, 6.07) is 21.1. The molecule has 0 radical (unpaired) electrons. The van der Waals surface area contributed by atoms with Crippen LogP contribution < -0.4 is 4.74 Å². The summed E-state index contributed by atoms with van der Waals surface area (Å²) in [7, 11) is 0. The summed E-state index contributed by atoms with van der Waals surface area (Å²) in [5.74, 6) is 0.544. The zero-order valence-electron chi connectivity index (χ0n) is 15.5. The molecule has 0 aliphatic carbocycles. The number of hydrogen-bond acceptors (Lipinski definition) is 4. The van der Waals surface area contributed by atoms with Crippen LogP contribution in [-0.2, 0) is 12.8 Å². The number of nitrogens with zero attached hydrogens (tertiary/aromatic N) is 3. The summed E-state index contributed by atoms with van der Waals surface area (Å²) in [6.07, 6.45) is -4.46. The third-order valence-corrected chi connectivity index (χ3v) is 4.47. The van der Waals surface area contributed by atoms with Gasteiger partial charge in [0.2, 0.25) is 0 Å². The first-order chi connectivity index (χ1) is 14.4. The zero-order valence-corrected chi connectivity index (χ0v) is 15.5. The molecule has 0 atom stereocenters. The topological polar surface area (TPSA) is 58.8 Å². The minimum atomic E-state index is -4.46. The largest absolute Gasteiger partial charge is 0.487 e. The van der Waals surface area contributed by atoms with Crippen LogP contribution in [0.25, 0.3) is 22.3 Å². The Kier molecular flexibility index (Phi) is 5.07. The van der Waals surface area contributed by atoms with Crippen molar-refractivity contribution in [3.63, 3.8) is 0 Å². The highest BCUT2D eigenvalue weighted by Gasteiger charge is 2.30. The Hall–Kier alpha value is -3.92. The minimum absolute atomic E-state index is 0.0695. The highest BCUT2D eigenvalue weighted by molar-refractivity contribution is 5.79. The van der Waals surface area contributed by atoms with Gasteiger partial charge in [-0.05, 0) is 42.5 Å². The van der Waals surface area contributed by atoms with E-state index in [1.165, 1.54) is 6.07 Å². The molecule has 0 aliphatic rings. The smallest absolute Gasteiger partial charge is 0.416 e. The Morgan fingerprint density at radius 1 is 0.867 bits per heavy atom. The Morgan fingerprint density at radius 2 is 1.60 bits per heavy atom. The fourth-order valence-corrected chi connectivity index (χ4v) is 2.97. The van der Waals surface area contributed by atoms with Crippen molar-refractivity contribution in [1.82, 2.24) is 9.97 Å². The highest BCUT2D eigenvalue weighted by atomic mass is 19.4. The molecule has 4 nitrogen and oxygen atoms in total. The van der Waals surface area contributed by atoms with Gasteiger partial charge in [-0.1, -0.05) is 30.3 Å². The number of hydrogen-bond donors (Lipinski definition) is 0. The van der Waals surface area contributed by atoms with Gasteiger partial charge in [-0.3, -0.25) is 0 Å².